The molecule has 1 heterocycles. The average Bonchev–Trinajstić information content (AvgIpc) is 3.23. The van der Waals surface area contributed by atoms with Crippen LogP contribution in [0, 0.1) is 5.82 Å². The number of aromatic nitrogens is 2. The van der Waals surface area contributed by atoms with Gasteiger partial charge in [0.2, 0.25) is 6.41 Å². The number of carbonyl (C=O) groups excluding carboxylic acids is 2. The molecule has 0 saturated carbocycles. The summed E-state index contributed by atoms with van der Waals surface area (Å²) in [5, 5.41) is 6.07. The molecule has 10 heteroatoms. The average molecular weight is 549 g/mol. The van der Waals surface area contributed by atoms with Gasteiger partial charge in [0.05, 0.1) is 18.4 Å². The fraction of sp³-hybridized carbons (Fsp3) is 0.138. The number of hydrogen-bond acceptors (Lipinski definition) is 4. The first-order chi connectivity index (χ1) is 18.8. The molecule has 0 saturated heterocycles. The monoisotopic (exact) mass is 548 g/mol. The van der Waals surface area contributed by atoms with Gasteiger partial charge in [-0.05, 0) is 65.7 Å². The third kappa shape index (κ3) is 6.63. The molecule has 0 atom stereocenters. The predicted octanol–water partition coefficient (Wildman–Crippen LogP) is 4.30. The lowest BCUT2D eigenvalue weighted by molar-refractivity contribution is -0.127. The minimum absolute atomic E-state index is 0.0899. The van der Waals surface area contributed by atoms with Gasteiger partial charge in [-0.3, -0.25) is 19.5 Å². The molecule has 0 bridgehead atoms. The summed E-state index contributed by atoms with van der Waals surface area (Å²) in [7, 11) is 3.12. The second-order valence-corrected chi connectivity index (χ2v) is 9.19. The Labute approximate surface area is 229 Å². The summed E-state index contributed by atoms with van der Waals surface area (Å²) in [5.74, 6) is -0.267. The number of rotatable bonds is 10. The molecule has 1 aromatic heterocycles. The fourth-order valence-corrected chi connectivity index (χ4v) is 4.27. The number of aromatic amines is 1. The van der Waals surface area contributed by atoms with E-state index in [0.717, 1.165) is 11.1 Å². The molecule has 3 aromatic carbocycles. The Morgan fingerprint density at radius 1 is 1.10 bits per heavy atom. The summed E-state index contributed by atoms with van der Waals surface area (Å²) >= 11 is 6.07. The molecule has 4 aromatic rings. The van der Waals surface area contributed by atoms with E-state index >= 15 is 0 Å². The van der Waals surface area contributed by atoms with Crippen LogP contribution in [-0.4, -0.2) is 41.2 Å². The van der Waals surface area contributed by atoms with Crippen LogP contribution >= 0.6 is 11.6 Å². The van der Waals surface area contributed by atoms with Crippen molar-refractivity contribution in [2.24, 2.45) is 0 Å². The standard InChI is InChI=1S/C29H26ClFN4O4/c1-34(17-20-4-3-5-21(30)14-20)29(38)27(32-18-36)16-25-26(15-19-6-8-22(31)9-7-19)33-35(28(25)37)23-10-12-24(39-2)13-11-23/h3-14,16,18,33H,15,17H2,1-2H3,(H,32,36)/b27-16-. The highest BCUT2D eigenvalue weighted by molar-refractivity contribution is 6.30. The highest BCUT2D eigenvalue weighted by Crippen LogP contribution is 2.19. The van der Waals surface area contributed by atoms with Crippen molar-refractivity contribution in [1.29, 1.82) is 0 Å². The predicted molar refractivity (Wildman–Crippen MR) is 147 cm³/mol. The number of carbonyl (C=O) groups is 2. The molecule has 0 aliphatic heterocycles. The summed E-state index contributed by atoms with van der Waals surface area (Å²) in [6.45, 7) is 0.225. The summed E-state index contributed by atoms with van der Waals surface area (Å²) in [4.78, 5) is 39.8. The van der Waals surface area contributed by atoms with Gasteiger partial charge in [0.1, 0.15) is 17.3 Å². The number of amides is 2. The van der Waals surface area contributed by atoms with Crippen LogP contribution in [0.15, 0.2) is 83.3 Å². The van der Waals surface area contributed by atoms with Crippen molar-refractivity contribution in [2.75, 3.05) is 14.2 Å². The topological polar surface area (TPSA) is 96.4 Å². The quantitative estimate of drug-likeness (QED) is 0.228. The maximum absolute atomic E-state index is 13.6. The number of benzene rings is 3. The van der Waals surface area contributed by atoms with Crippen molar-refractivity contribution in [2.45, 2.75) is 13.0 Å². The van der Waals surface area contributed by atoms with Crippen molar-refractivity contribution in [3.05, 3.63) is 122 Å². The molecule has 0 fully saturated rings. The summed E-state index contributed by atoms with van der Waals surface area (Å²) in [5.41, 5.74) is 2.19. The van der Waals surface area contributed by atoms with Crippen LogP contribution in [0.5, 0.6) is 5.75 Å². The van der Waals surface area contributed by atoms with Crippen LogP contribution in [0.3, 0.4) is 0 Å². The van der Waals surface area contributed by atoms with E-state index in [1.54, 1.807) is 68.8 Å². The molecule has 0 aliphatic carbocycles. The second-order valence-electron chi connectivity index (χ2n) is 8.76. The van der Waals surface area contributed by atoms with E-state index in [4.69, 9.17) is 16.3 Å². The number of nitrogens with zero attached hydrogens (tertiary/aromatic N) is 2. The van der Waals surface area contributed by atoms with Gasteiger partial charge in [-0.1, -0.05) is 35.9 Å². The van der Waals surface area contributed by atoms with Crippen LogP contribution in [0.25, 0.3) is 11.8 Å². The molecule has 200 valence electrons. The van der Waals surface area contributed by atoms with Crippen molar-refractivity contribution in [3.8, 4) is 11.4 Å². The van der Waals surface area contributed by atoms with E-state index in [9.17, 15) is 18.8 Å². The minimum Gasteiger partial charge on any atom is -0.497 e. The normalized spacial score (nSPS) is 11.2. The minimum atomic E-state index is -0.508. The first-order valence-corrected chi connectivity index (χ1v) is 12.3. The molecule has 4 rings (SSSR count). The van der Waals surface area contributed by atoms with Gasteiger partial charge in [-0.15, -0.1) is 0 Å². The summed E-state index contributed by atoms with van der Waals surface area (Å²) in [6, 6.07) is 19.8. The number of likely N-dealkylation sites (N-methyl/N-ethyl adjacent to an activating group) is 1. The molecular weight excluding hydrogens is 523 g/mol. The van der Waals surface area contributed by atoms with Crippen molar-refractivity contribution in [1.82, 2.24) is 20.0 Å². The van der Waals surface area contributed by atoms with E-state index in [2.05, 4.69) is 10.4 Å². The molecule has 39 heavy (non-hydrogen) atoms. The smallest absolute Gasteiger partial charge is 0.278 e. The van der Waals surface area contributed by atoms with Crippen LogP contribution in [0.2, 0.25) is 5.02 Å². The first kappa shape index (κ1) is 27.4. The largest absolute Gasteiger partial charge is 0.497 e. The number of ether oxygens (including phenoxy) is 1. The zero-order valence-electron chi connectivity index (χ0n) is 21.3. The van der Waals surface area contributed by atoms with E-state index in [1.165, 1.54) is 27.8 Å². The number of hydrogen-bond donors (Lipinski definition) is 2. The van der Waals surface area contributed by atoms with Crippen LogP contribution in [0.4, 0.5) is 4.39 Å². The fourth-order valence-electron chi connectivity index (χ4n) is 4.06. The lowest BCUT2D eigenvalue weighted by atomic mass is 10.1. The third-order valence-corrected chi connectivity index (χ3v) is 6.25. The van der Waals surface area contributed by atoms with Crippen LogP contribution < -0.4 is 15.6 Å². The number of nitrogens with one attached hydrogen (secondary N) is 2. The van der Waals surface area contributed by atoms with Gasteiger partial charge in [0, 0.05) is 30.7 Å². The molecular formula is C29H26ClFN4O4. The zero-order chi connectivity index (χ0) is 27.9. The Morgan fingerprint density at radius 2 is 1.82 bits per heavy atom. The Bertz CT molecular complexity index is 1560. The van der Waals surface area contributed by atoms with Gasteiger partial charge in [-0.2, -0.15) is 0 Å². The maximum atomic E-state index is 13.6. The maximum Gasteiger partial charge on any atom is 0.278 e. The zero-order valence-corrected chi connectivity index (χ0v) is 22.0. The van der Waals surface area contributed by atoms with Crippen LogP contribution in [-0.2, 0) is 22.6 Å². The van der Waals surface area contributed by atoms with E-state index in [-0.39, 0.29) is 30.0 Å². The highest BCUT2D eigenvalue weighted by atomic mass is 35.5. The van der Waals surface area contributed by atoms with Crippen molar-refractivity contribution in [3.63, 3.8) is 0 Å². The summed E-state index contributed by atoms with van der Waals surface area (Å²) in [6.07, 6.45) is 1.97. The summed E-state index contributed by atoms with van der Waals surface area (Å²) < 4.78 is 20.0. The van der Waals surface area contributed by atoms with E-state index in [1.807, 2.05) is 6.07 Å². The van der Waals surface area contributed by atoms with Gasteiger partial charge in [0.15, 0.2) is 0 Å². The molecule has 0 unspecified atom stereocenters. The van der Waals surface area contributed by atoms with Crippen molar-refractivity contribution < 1.29 is 18.7 Å². The van der Waals surface area contributed by atoms with E-state index < -0.39 is 11.5 Å². The van der Waals surface area contributed by atoms with Gasteiger partial charge < -0.3 is 15.0 Å². The van der Waals surface area contributed by atoms with E-state index in [0.29, 0.717) is 28.6 Å². The highest BCUT2D eigenvalue weighted by Gasteiger charge is 2.20. The molecule has 2 amide bonds. The molecule has 0 aliphatic rings. The molecule has 0 spiro atoms. The first-order valence-electron chi connectivity index (χ1n) is 11.9. The molecule has 8 nitrogen and oxygen atoms in total. The Morgan fingerprint density at radius 3 is 2.46 bits per heavy atom. The van der Waals surface area contributed by atoms with Crippen LogP contribution in [0.1, 0.15) is 22.4 Å². The lowest BCUT2D eigenvalue weighted by Crippen LogP contribution is -2.33. The van der Waals surface area contributed by atoms with Gasteiger partial charge in [0.25, 0.3) is 11.5 Å². The molecule has 2 N–H and O–H groups in total. The molecule has 0 radical (unpaired) electrons. The number of halogens is 2. The number of H-pyrrole nitrogens is 1. The second kappa shape index (κ2) is 12.3. The Hall–Kier alpha value is -4.63. The SMILES string of the molecule is COc1ccc(-n2[nH]c(Cc3ccc(F)cc3)c(/C=C(\NC=O)C(=O)N(C)Cc3cccc(Cl)c3)c2=O)cc1. The van der Waals surface area contributed by atoms with Crippen molar-refractivity contribution >= 4 is 30.0 Å². The van der Waals surface area contributed by atoms with Gasteiger partial charge >= 0.3 is 0 Å². The lowest BCUT2D eigenvalue weighted by Gasteiger charge is -2.19. The Kier molecular flexibility index (Phi) is 8.63. The third-order valence-electron chi connectivity index (χ3n) is 6.02. The van der Waals surface area contributed by atoms with Gasteiger partial charge in [-0.25, -0.2) is 9.07 Å². The Balaban J connectivity index is 1.75. The number of methoxy groups -OCH3 is 1.